The Morgan fingerprint density at radius 3 is 2.27 bits per heavy atom. The van der Waals surface area contributed by atoms with E-state index >= 15 is 0 Å². The largest absolute Gasteiger partial charge is 0.315 e. The molecule has 15 heavy (non-hydrogen) atoms. The molecule has 0 atom stereocenters. The van der Waals surface area contributed by atoms with Gasteiger partial charge < -0.3 is 10.6 Å². The van der Waals surface area contributed by atoms with Gasteiger partial charge in [0.05, 0.1) is 0 Å². The van der Waals surface area contributed by atoms with Crippen molar-refractivity contribution in [3.05, 3.63) is 0 Å². The predicted octanol–water partition coefficient (Wildman–Crippen LogP) is 2.15. The van der Waals surface area contributed by atoms with Crippen LogP contribution in [0.25, 0.3) is 0 Å². The van der Waals surface area contributed by atoms with E-state index in [0.717, 1.165) is 24.4 Å². The molecule has 0 aromatic heterocycles. The normalized spacial score (nSPS) is 24.2. The third kappa shape index (κ3) is 3.46. The average molecular weight is 210 g/mol. The monoisotopic (exact) mass is 210 g/mol. The van der Waals surface area contributed by atoms with Gasteiger partial charge in [0.2, 0.25) is 0 Å². The Morgan fingerprint density at radius 2 is 1.80 bits per heavy atom. The molecule has 88 valence electrons. The first-order valence-corrected chi connectivity index (χ1v) is 6.48. The smallest absolute Gasteiger partial charge is 0.00970 e. The Morgan fingerprint density at radius 1 is 1.13 bits per heavy atom. The van der Waals surface area contributed by atoms with E-state index in [-0.39, 0.29) is 5.54 Å². The van der Waals surface area contributed by atoms with Gasteiger partial charge in [-0.1, -0.05) is 0 Å². The molecule has 0 aromatic carbocycles. The zero-order valence-electron chi connectivity index (χ0n) is 10.5. The van der Waals surface area contributed by atoms with Crippen LogP contribution in [-0.2, 0) is 0 Å². The fraction of sp³-hybridized carbons (Fsp3) is 1.00. The van der Waals surface area contributed by atoms with Crippen LogP contribution < -0.4 is 10.6 Å². The Labute approximate surface area is 94.2 Å². The van der Waals surface area contributed by atoms with Gasteiger partial charge in [0, 0.05) is 25.2 Å². The highest BCUT2D eigenvalue weighted by Gasteiger charge is 2.52. The molecule has 2 heteroatoms. The predicted molar refractivity (Wildman–Crippen MR) is 65.0 cm³/mol. The van der Waals surface area contributed by atoms with Crippen molar-refractivity contribution >= 4 is 0 Å². The molecule has 0 bridgehead atoms. The summed E-state index contributed by atoms with van der Waals surface area (Å²) >= 11 is 0. The quantitative estimate of drug-likeness (QED) is 0.656. The fourth-order valence-electron chi connectivity index (χ4n) is 2.45. The average Bonchev–Trinajstić information content (AvgIpc) is 2.97. The third-order valence-electron chi connectivity index (χ3n) is 3.77. The number of hydrogen-bond donors (Lipinski definition) is 2. The van der Waals surface area contributed by atoms with Gasteiger partial charge in [-0.05, 0) is 57.8 Å². The van der Waals surface area contributed by atoms with Crippen LogP contribution in [0.5, 0.6) is 0 Å². The topological polar surface area (TPSA) is 24.1 Å². The van der Waals surface area contributed by atoms with Crippen molar-refractivity contribution in [2.45, 2.75) is 52.0 Å². The summed E-state index contributed by atoms with van der Waals surface area (Å²) in [4.78, 5) is 0. The summed E-state index contributed by atoms with van der Waals surface area (Å²) in [5.74, 6) is 1.08. The van der Waals surface area contributed by atoms with E-state index in [4.69, 9.17) is 0 Å². The summed E-state index contributed by atoms with van der Waals surface area (Å²) in [6, 6.07) is 0. The molecule has 0 amide bonds. The summed E-state index contributed by atoms with van der Waals surface area (Å²) in [7, 11) is 0. The molecule has 0 aliphatic heterocycles. The van der Waals surface area contributed by atoms with Crippen molar-refractivity contribution in [3.63, 3.8) is 0 Å². The minimum atomic E-state index is 0.259. The Kier molecular flexibility index (Phi) is 3.09. The van der Waals surface area contributed by atoms with E-state index in [2.05, 4.69) is 31.4 Å². The Balaban J connectivity index is 1.52. The van der Waals surface area contributed by atoms with Crippen molar-refractivity contribution in [2.75, 3.05) is 19.6 Å². The lowest BCUT2D eigenvalue weighted by molar-refractivity contribution is 0.383. The van der Waals surface area contributed by atoms with Crippen molar-refractivity contribution in [2.24, 2.45) is 11.3 Å². The lowest BCUT2D eigenvalue weighted by atomic mass is 10.0. The molecule has 2 N–H and O–H groups in total. The van der Waals surface area contributed by atoms with E-state index in [0.29, 0.717) is 0 Å². The van der Waals surface area contributed by atoms with Crippen LogP contribution in [0.4, 0.5) is 0 Å². The Bertz CT molecular complexity index is 209. The van der Waals surface area contributed by atoms with Crippen LogP contribution in [0.3, 0.4) is 0 Å². The van der Waals surface area contributed by atoms with Crippen molar-refractivity contribution in [3.8, 4) is 0 Å². The molecule has 2 saturated carbocycles. The standard InChI is InChI=1S/C13H26N2/c1-12(2,3)15-9-8-14-10-13(6-7-13)11-4-5-11/h11,14-15H,4-10H2,1-3H3. The van der Waals surface area contributed by atoms with Gasteiger partial charge in [0.25, 0.3) is 0 Å². The first-order chi connectivity index (χ1) is 7.02. The number of nitrogens with one attached hydrogen (secondary N) is 2. The van der Waals surface area contributed by atoms with Gasteiger partial charge in [-0.25, -0.2) is 0 Å². The molecule has 0 aromatic rings. The summed E-state index contributed by atoms with van der Waals surface area (Å²) in [5, 5.41) is 7.13. The van der Waals surface area contributed by atoms with Crippen molar-refractivity contribution in [1.82, 2.24) is 10.6 Å². The highest BCUT2D eigenvalue weighted by molar-refractivity contribution is 5.04. The molecule has 0 heterocycles. The van der Waals surface area contributed by atoms with E-state index in [1.807, 2.05) is 0 Å². The molecule has 2 rings (SSSR count). The Hall–Kier alpha value is -0.0800. The lowest BCUT2D eigenvalue weighted by Crippen LogP contribution is -2.41. The van der Waals surface area contributed by atoms with Crippen LogP contribution in [0.15, 0.2) is 0 Å². The van der Waals surface area contributed by atoms with E-state index in [9.17, 15) is 0 Å². The molecular formula is C13H26N2. The zero-order chi connectivity index (χ0) is 10.9. The number of hydrogen-bond acceptors (Lipinski definition) is 2. The summed E-state index contributed by atoms with van der Waals surface area (Å²) in [6.07, 6.45) is 5.97. The molecule has 0 saturated heterocycles. The molecule has 2 fully saturated rings. The highest BCUT2D eigenvalue weighted by Crippen LogP contribution is 2.60. The second-order valence-corrected chi connectivity index (χ2v) is 6.49. The minimum absolute atomic E-state index is 0.259. The second-order valence-electron chi connectivity index (χ2n) is 6.49. The van der Waals surface area contributed by atoms with Gasteiger partial charge >= 0.3 is 0 Å². The molecule has 0 unspecified atom stereocenters. The third-order valence-corrected chi connectivity index (χ3v) is 3.77. The van der Waals surface area contributed by atoms with Crippen molar-refractivity contribution < 1.29 is 0 Å². The maximum atomic E-state index is 3.62. The second kappa shape index (κ2) is 4.06. The number of rotatable bonds is 6. The van der Waals surface area contributed by atoms with E-state index < -0.39 is 0 Å². The van der Waals surface area contributed by atoms with Gasteiger partial charge in [0.15, 0.2) is 0 Å². The SMILES string of the molecule is CC(C)(C)NCCNCC1(C2CC2)CC1. The summed E-state index contributed by atoms with van der Waals surface area (Å²) < 4.78 is 0. The van der Waals surface area contributed by atoms with Crippen LogP contribution in [0.2, 0.25) is 0 Å². The molecule has 0 radical (unpaired) electrons. The fourth-order valence-corrected chi connectivity index (χ4v) is 2.45. The van der Waals surface area contributed by atoms with Crippen LogP contribution in [0.1, 0.15) is 46.5 Å². The molecule has 2 aliphatic carbocycles. The van der Waals surface area contributed by atoms with Crippen molar-refractivity contribution in [1.29, 1.82) is 0 Å². The molecule has 2 aliphatic rings. The van der Waals surface area contributed by atoms with Crippen LogP contribution >= 0.6 is 0 Å². The maximum Gasteiger partial charge on any atom is 0.00970 e. The molecular weight excluding hydrogens is 184 g/mol. The van der Waals surface area contributed by atoms with Gasteiger partial charge in [-0.15, -0.1) is 0 Å². The minimum Gasteiger partial charge on any atom is -0.315 e. The van der Waals surface area contributed by atoms with Gasteiger partial charge in [-0.2, -0.15) is 0 Å². The first kappa shape index (κ1) is 11.4. The molecule has 2 nitrogen and oxygen atoms in total. The van der Waals surface area contributed by atoms with E-state index in [1.54, 1.807) is 0 Å². The zero-order valence-corrected chi connectivity index (χ0v) is 10.5. The van der Waals surface area contributed by atoms with Gasteiger partial charge in [0.1, 0.15) is 0 Å². The maximum absolute atomic E-state index is 3.62. The summed E-state index contributed by atoms with van der Waals surface area (Å²) in [5.41, 5.74) is 1.01. The molecule has 0 spiro atoms. The van der Waals surface area contributed by atoms with Crippen LogP contribution in [-0.4, -0.2) is 25.2 Å². The first-order valence-electron chi connectivity index (χ1n) is 6.48. The summed E-state index contributed by atoms with van der Waals surface area (Å²) in [6.45, 7) is 10.1. The van der Waals surface area contributed by atoms with Gasteiger partial charge in [-0.3, -0.25) is 0 Å². The van der Waals surface area contributed by atoms with Crippen LogP contribution in [0, 0.1) is 11.3 Å². The lowest BCUT2D eigenvalue weighted by Gasteiger charge is -2.21. The highest BCUT2D eigenvalue weighted by atomic mass is 15.0. The van der Waals surface area contributed by atoms with E-state index in [1.165, 1.54) is 32.2 Å².